The van der Waals surface area contributed by atoms with Gasteiger partial charge in [-0.15, -0.1) is 0 Å². The van der Waals surface area contributed by atoms with Crippen LogP contribution >= 0.6 is 11.3 Å². The van der Waals surface area contributed by atoms with E-state index in [9.17, 15) is 0 Å². The van der Waals surface area contributed by atoms with Crippen LogP contribution < -0.4 is 16.0 Å². The van der Waals surface area contributed by atoms with Crippen molar-refractivity contribution in [2.24, 2.45) is 0 Å². The SMILES string of the molecule is Nc1ccc(-c2nc(N3CCOCC3)c3sc(Nc4ccccc4)nc3n2)cn1. The Balaban J connectivity index is 1.60. The lowest BCUT2D eigenvalue weighted by Crippen LogP contribution is -2.36. The number of anilines is 4. The molecule has 0 saturated carbocycles. The van der Waals surface area contributed by atoms with E-state index in [2.05, 4.69) is 15.2 Å². The highest BCUT2D eigenvalue weighted by Crippen LogP contribution is 2.35. The number of nitrogens with one attached hydrogen (secondary N) is 1. The van der Waals surface area contributed by atoms with Crippen LogP contribution in [-0.4, -0.2) is 46.2 Å². The summed E-state index contributed by atoms with van der Waals surface area (Å²) in [5.41, 5.74) is 8.18. The summed E-state index contributed by atoms with van der Waals surface area (Å²) in [6.07, 6.45) is 1.69. The molecule has 3 aromatic heterocycles. The summed E-state index contributed by atoms with van der Waals surface area (Å²) in [4.78, 5) is 20.7. The Morgan fingerprint density at radius 1 is 1.00 bits per heavy atom. The topological polar surface area (TPSA) is 102 Å². The Morgan fingerprint density at radius 3 is 2.59 bits per heavy atom. The van der Waals surface area contributed by atoms with E-state index in [1.807, 2.05) is 36.4 Å². The zero-order valence-corrected chi connectivity index (χ0v) is 16.4. The highest BCUT2D eigenvalue weighted by Gasteiger charge is 2.21. The molecule has 1 saturated heterocycles. The Bertz CT molecular complexity index is 1130. The van der Waals surface area contributed by atoms with Crippen molar-refractivity contribution < 1.29 is 4.74 Å². The first-order valence-electron chi connectivity index (χ1n) is 9.31. The number of fused-ring (bicyclic) bond motifs is 1. The first kappa shape index (κ1) is 17.8. The van der Waals surface area contributed by atoms with Gasteiger partial charge in [0.1, 0.15) is 10.5 Å². The Morgan fingerprint density at radius 2 is 1.83 bits per heavy atom. The second-order valence-electron chi connectivity index (χ2n) is 6.60. The number of aromatic nitrogens is 4. The van der Waals surface area contributed by atoms with Gasteiger partial charge in [-0.2, -0.15) is 4.98 Å². The number of hydrogen-bond donors (Lipinski definition) is 2. The number of nitrogens with zero attached hydrogens (tertiary/aromatic N) is 5. The van der Waals surface area contributed by atoms with Crippen molar-refractivity contribution >= 4 is 44.1 Å². The Hall–Kier alpha value is -3.30. The summed E-state index contributed by atoms with van der Waals surface area (Å²) >= 11 is 1.55. The van der Waals surface area contributed by atoms with Crippen molar-refractivity contribution in [2.45, 2.75) is 0 Å². The highest BCUT2D eigenvalue weighted by molar-refractivity contribution is 7.22. The van der Waals surface area contributed by atoms with Crippen LogP contribution in [0.2, 0.25) is 0 Å². The van der Waals surface area contributed by atoms with Crippen molar-refractivity contribution in [1.29, 1.82) is 0 Å². The van der Waals surface area contributed by atoms with Gasteiger partial charge in [0.25, 0.3) is 0 Å². The Kier molecular flexibility index (Phi) is 4.66. The van der Waals surface area contributed by atoms with Gasteiger partial charge in [0.15, 0.2) is 22.4 Å². The molecule has 4 aromatic rings. The van der Waals surface area contributed by atoms with Crippen molar-refractivity contribution in [2.75, 3.05) is 42.3 Å². The van der Waals surface area contributed by atoms with Gasteiger partial charge >= 0.3 is 0 Å². The molecular weight excluding hydrogens is 386 g/mol. The first-order valence-corrected chi connectivity index (χ1v) is 10.1. The first-order chi connectivity index (χ1) is 14.3. The minimum absolute atomic E-state index is 0.464. The number of benzene rings is 1. The van der Waals surface area contributed by atoms with E-state index in [0.29, 0.717) is 30.5 Å². The number of rotatable bonds is 4. The maximum atomic E-state index is 5.73. The van der Waals surface area contributed by atoms with E-state index in [1.54, 1.807) is 23.6 Å². The molecule has 1 aromatic carbocycles. The maximum absolute atomic E-state index is 5.73. The lowest BCUT2D eigenvalue weighted by atomic mass is 10.2. The van der Waals surface area contributed by atoms with Gasteiger partial charge in [-0.05, 0) is 24.3 Å². The van der Waals surface area contributed by atoms with Crippen molar-refractivity contribution in [3.63, 3.8) is 0 Å². The second kappa shape index (κ2) is 7.61. The summed E-state index contributed by atoms with van der Waals surface area (Å²) in [6.45, 7) is 2.92. The van der Waals surface area contributed by atoms with E-state index in [1.165, 1.54) is 0 Å². The van der Waals surface area contributed by atoms with E-state index in [-0.39, 0.29) is 0 Å². The molecule has 146 valence electrons. The summed E-state index contributed by atoms with van der Waals surface area (Å²) in [5.74, 6) is 1.93. The van der Waals surface area contributed by atoms with Gasteiger partial charge in [0, 0.05) is 30.5 Å². The van der Waals surface area contributed by atoms with Crippen molar-refractivity contribution in [3.05, 3.63) is 48.7 Å². The number of ether oxygens (including phenoxy) is 1. The molecule has 0 spiro atoms. The largest absolute Gasteiger partial charge is 0.384 e. The fourth-order valence-electron chi connectivity index (χ4n) is 3.16. The zero-order chi connectivity index (χ0) is 19.6. The van der Waals surface area contributed by atoms with Crippen LogP contribution in [0.15, 0.2) is 48.7 Å². The number of morpholine rings is 1. The predicted octanol–water partition coefficient (Wildman–Crippen LogP) is 3.31. The molecule has 8 nitrogen and oxygen atoms in total. The van der Waals surface area contributed by atoms with Gasteiger partial charge in [-0.3, -0.25) is 0 Å². The number of thiazole rings is 1. The molecule has 0 aliphatic carbocycles. The maximum Gasteiger partial charge on any atom is 0.189 e. The minimum Gasteiger partial charge on any atom is -0.384 e. The second-order valence-corrected chi connectivity index (χ2v) is 7.60. The molecule has 0 amide bonds. The molecule has 1 fully saturated rings. The minimum atomic E-state index is 0.464. The molecular formula is C20H19N7OS. The van der Waals surface area contributed by atoms with Gasteiger partial charge < -0.3 is 20.7 Å². The normalized spacial score (nSPS) is 14.3. The van der Waals surface area contributed by atoms with Crippen molar-refractivity contribution in [1.82, 2.24) is 19.9 Å². The molecule has 0 unspecified atom stereocenters. The van der Waals surface area contributed by atoms with Crippen LogP contribution in [0, 0.1) is 0 Å². The molecule has 0 radical (unpaired) electrons. The zero-order valence-electron chi connectivity index (χ0n) is 15.6. The number of pyridine rings is 1. The number of hydrogen-bond acceptors (Lipinski definition) is 9. The summed E-state index contributed by atoms with van der Waals surface area (Å²) in [6, 6.07) is 13.6. The van der Waals surface area contributed by atoms with Gasteiger partial charge in [0.05, 0.1) is 13.2 Å². The van der Waals surface area contributed by atoms with Crippen molar-refractivity contribution in [3.8, 4) is 11.4 Å². The smallest absolute Gasteiger partial charge is 0.189 e. The van der Waals surface area contributed by atoms with E-state index >= 15 is 0 Å². The number of nitrogens with two attached hydrogens (primary N) is 1. The Labute approximate surface area is 171 Å². The molecule has 3 N–H and O–H groups in total. The molecule has 1 aliphatic rings. The fourth-order valence-corrected chi connectivity index (χ4v) is 4.11. The number of nitrogen functional groups attached to an aromatic ring is 1. The van der Waals surface area contributed by atoms with Gasteiger partial charge in [-0.1, -0.05) is 29.5 Å². The monoisotopic (exact) mass is 405 g/mol. The quantitative estimate of drug-likeness (QED) is 0.533. The molecule has 29 heavy (non-hydrogen) atoms. The molecule has 5 rings (SSSR count). The summed E-state index contributed by atoms with van der Waals surface area (Å²) in [5, 5.41) is 4.14. The standard InChI is InChI=1S/C20H19N7OS/c21-15-7-6-13(12-22-15)17-24-18-16(19(25-17)27-8-10-28-11-9-27)29-20(26-18)23-14-4-2-1-3-5-14/h1-7,12H,8-11H2,(H2,21,22)(H,23,24,25,26). The van der Waals surface area contributed by atoms with Gasteiger partial charge in [0.2, 0.25) is 0 Å². The summed E-state index contributed by atoms with van der Waals surface area (Å²) in [7, 11) is 0. The van der Waals surface area contributed by atoms with Crippen LogP contribution in [0.5, 0.6) is 0 Å². The third-order valence-electron chi connectivity index (χ3n) is 4.62. The lowest BCUT2D eigenvalue weighted by molar-refractivity contribution is 0.122. The molecule has 9 heteroatoms. The van der Waals surface area contributed by atoms with Gasteiger partial charge in [-0.25, -0.2) is 15.0 Å². The number of para-hydroxylation sites is 1. The lowest BCUT2D eigenvalue weighted by Gasteiger charge is -2.28. The van der Waals surface area contributed by atoms with E-state index in [4.69, 9.17) is 25.4 Å². The average molecular weight is 405 g/mol. The third kappa shape index (κ3) is 3.69. The molecule has 0 atom stereocenters. The average Bonchev–Trinajstić information content (AvgIpc) is 3.17. The molecule has 0 bridgehead atoms. The van der Waals surface area contributed by atoms with Crippen LogP contribution in [-0.2, 0) is 4.74 Å². The summed E-state index contributed by atoms with van der Waals surface area (Å²) < 4.78 is 6.47. The molecule has 4 heterocycles. The highest BCUT2D eigenvalue weighted by atomic mass is 32.1. The third-order valence-corrected chi connectivity index (χ3v) is 5.57. The van der Waals surface area contributed by atoms with Crippen LogP contribution in [0.4, 0.5) is 22.5 Å². The molecule has 1 aliphatic heterocycles. The van der Waals surface area contributed by atoms with Crippen LogP contribution in [0.3, 0.4) is 0 Å². The van der Waals surface area contributed by atoms with E-state index in [0.717, 1.165) is 40.0 Å². The van der Waals surface area contributed by atoms with Crippen LogP contribution in [0.25, 0.3) is 21.7 Å². The predicted molar refractivity (Wildman–Crippen MR) is 116 cm³/mol. The van der Waals surface area contributed by atoms with E-state index < -0.39 is 0 Å². The fraction of sp³-hybridized carbons (Fsp3) is 0.200. The van der Waals surface area contributed by atoms with Crippen LogP contribution in [0.1, 0.15) is 0 Å².